The molecule has 0 heterocycles. The third-order valence-corrected chi connectivity index (χ3v) is 2.62. The lowest BCUT2D eigenvalue weighted by molar-refractivity contribution is -0.384. The molecule has 1 rings (SSSR count). The maximum atomic E-state index is 12.9. The van der Waals surface area contributed by atoms with Crippen molar-refractivity contribution < 1.29 is 18.8 Å². The number of methoxy groups -OCH3 is 1. The molecule has 0 aromatic heterocycles. The van der Waals surface area contributed by atoms with E-state index in [1.165, 1.54) is 12.1 Å². The Morgan fingerprint density at radius 3 is 2.80 bits per heavy atom. The van der Waals surface area contributed by atoms with Gasteiger partial charge >= 0.3 is 0 Å². The van der Waals surface area contributed by atoms with E-state index in [0.717, 1.165) is 18.9 Å². The standard InChI is InChI=1S/C13H19FN2O4/c1-19-8-9-20-7-3-2-6-15-12-5-4-11(14)10-13(12)16(17)18/h4-5,10,15H,2-3,6-9H2,1H3. The quantitative estimate of drug-likeness (QED) is 0.406. The Labute approximate surface area is 117 Å². The van der Waals surface area contributed by atoms with Crippen molar-refractivity contribution in [1.82, 2.24) is 0 Å². The Bertz CT molecular complexity index is 429. The topological polar surface area (TPSA) is 73.6 Å². The van der Waals surface area contributed by atoms with Gasteiger partial charge in [-0.15, -0.1) is 0 Å². The van der Waals surface area contributed by atoms with E-state index in [1.807, 2.05) is 0 Å². The lowest BCUT2D eigenvalue weighted by atomic mass is 10.2. The number of hydrogen-bond acceptors (Lipinski definition) is 5. The molecule has 6 nitrogen and oxygen atoms in total. The fraction of sp³-hybridized carbons (Fsp3) is 0.538. The summed E-state index contributed by atoms with van der Waals surface area (Å²) in [6.07, 6.45) is 1.65. The molecule has 0 amide bonds. The number of nitro groups is 1. The van der Waals surface area contributed by atoms with Crippen molar-refractivity contribution in [3.8, 4) is 0 Å². The van der Waals surface area contributed by atoms with E-state index in [2.05, 4.69) is 5.32 Å². The van der Waals surface area contributed by atoms with Crippen molar-refractivity contribution in [3.63, 3.8) is 0 Å². The van der Waals surface area contributed by atoms with Crippen molar-refractivity contribution in [2.24, 2.45) is 0 Å². The number of ether oxygens (including phenoxy) is 2. The molecule has 0 atom stereocenters. The first kappa shape index (κ1) is 16.3. The molecule has 0 aliphatic carbocycles. The minimum Gasteiger partial charge on any atom is -0.382 e. The molecule has 0 aliphatic rings. The number of nitro benzene ring substituents is 1. The van der Waals surface area contributed by atoms with Gasteiger partial charge in [0.2, 0.25) is 0 Å². The summed E-state index contributed by atoms with van der Waals surface area (Å²) in [5.41, 5.74) is 0.0815. The van der Waals surface area contributed by atoms with Crippen LogP contribution in [0.25, 0.3) is 0 Å². The molecule has 0 aliphatic heterocycles. The molecule has 0 spiro atoms. The van der Waals surface area contributed by atoms with Gasteiger partial charge in [0.1, 0.15) is 11.5 Å². The zero-order chi connectivity index (χ0) is 14.8. The minimum absolute atomic E-state index is 0.249. The molecule has 0 bridgehead atoms. The third kappa shape index (κ3) is 5.94. The second-order valence-corrected chi connectivity index (χ2v) is 4.16. The molecular weight excluding hydrogens is 267 g/mol. The predicted molar refractivity (Wildman–Crippen MR) is 73.5 cm³/mol. The van der Waals surface area contributed by atoms with Gasteiger partial charge in [-0.1, -0.05) is 0 Å². The fourth-order valence-electron chi connectivity index (χ4n) is 1.60. The summed E-state index contributed by atoms with van der Waals surface area (Å²) in [6, 6.07) is 3.49. The third-order valence-electron chi connectivity index (χ3n) is 2.62. The highest BCUT2D eigenvalue weighted by Gasteiger charge is 2.14. The number of unbranched alkanes of at least 4 members (excludes halogenated alkanes) is 1. The highest BCUT2D eigenvalue weighted by atomic mass is 19.1. The highest BCUT2D eigenvalue weighted by Crippen LogP contribution is 2.24. The molecule has 0 saturated heterocycles. The van der Waals surface area contributed by atoms with Crippen molar-refractivity contribution >= 4 is 11.4 Å². The minimum atomic E-state index is -0.617. The number of hydrogen-bond donors (Lipinski definition) is 1. The SMILES string of the molecule is COCCOCCCCNc1ccc(F)cc1[N+](=O)[O-]. The molecule has 112 valence electrons. The summed E-state index contributed by atoms with van der Waals surface area (Å²) in [4.78, 5) is 10.2. The summed E-state index contributed by atoms with van der Waals surface area (Å²) >= 11 is 0. The zero-order valence-corrected chi connectivity index (χ0v) is 11.4. The van der Waals surface area contributed by atoms with E-state index in [0.29, 0.717) is 32.1 Å². The van der Waals surface area contributed by atoms with Crippen LogP contribution in [0.2, 0.25) is 0 Å². The van der Waals surface area contributed by atoms with Gasteiger partial charge in [-0.2, -0.15) is 0 Å². The van der Waals surface area contributed by atoms with Crippen LogP contribution in [0.1, 0.15) is 12.8 Å². The molecule has 1 N–H and O–H groups in total. The number of rotatable bonds is 10. The average molecular weight is 286 g/mol. The van der Waals surface area contributed by atoms with E-state index in [1.54, 1.807) is 7.11 Å². The van der Waals surface area contributed by atoms with Crippen LogP contribution in [-0.2, 0) is 9.47 Å². The van der Waals surface area contributed by atoms with Gasteiger partial charge in [-0.05, 0) is 25.0 Å². The number of nitrogens with zero attached hydrogens (tertiary/aromatic N) is 1. The lowest BCUT2D eigenvalue weighted by Crippen LogP contribution is -2.07. The van der Waals surface area contributed by atoms with Crippen LogP contribution >= 0.6 is 0 Å². The largest absolute Gasteiger partial charge is 0.382 e. The molecule has 0 unspecified atom stereocenters. The van der Waals surface area contributed by atoms with Gasteiger partial charge in [-0.25, -0.2) is 4.39 Å². The first-order valence-corrected chi connectivity index (χ1v) is 6.39. The van der Waals surface area contributed by atoms with E-state index in [4.69, 9.17) is 9.47 Å². The van der Waals surface area contributed by atoms with Crippen LogP contribution in [0.5, 0.6) is 0 Å². The molecule has 1 aromatic carbocycles. The van der Waals surface area contributed by atoms with Crippen LogP contribution < -0.4 is 5.32 Å². The molecule has 20 heavy (non-hydrogen) atoms. The Kier molecular flexibility index (Phi) is 7.52. The van der Waals surface area contributed by atoms with Crippen molar-refractivity contribution in [2.45, 2.75) is 12.8 Å². The van der Waals surface area contributed by atoms with Gasteiger partial charge < -0.3 is 14.8 Å². The summed E-state index contributed by atoms with van der Waals surface area (Å²) < 4.78 is 23.1. The number of nitrogens with one attached hydrogen (secondary N) is 1. The Hall–Kier alpha value is -1.73. The highest BCUT2D eigenvalue weighted by molar-refractivity contribution is 5.61. The maximum absolute atomic E-state index is 12.9. The Morgan fingerprint density at radius 2 is 2.10 bits per heavy atom. The summed E-state index contributed by atoms with van der Waals surface area (Å²) in [6.45, 7) is 2.32. The molecule has 0 fully saturated rings. The van der Waals surface area contributed by atoms with Gasteiger partial charge in [0.15, 0.2) is 0 Å². The van der Waals surface area contributed by atoms with Crippen molar-refractivity contribution in [3.05, 3.63) is 34.1 Å². The van der Waals surface area contributed by atoms with E-state index in [9.17, 15) is 14.5 Å². The zero-order valence-electron chi connectivity index (χ0n) is 11.4. The van der Waals surface area contributed by atoms with Gasteiger partial charge in [0.05, 0.1) is 24.2 Å². The van der Waals surface area contributed by atoms with Gasteiger partial charge in [0, 0.05) is 20.3 Å². The second kappa shape index (κ2) is 9.22. The first-order valence-electron chi connectivity index (χ1n) is 6.39. The van der Waals surface area contributed by atoms with Crippen LogP contribution in [0.4, 0.5) is 15.8 Å². The summed E-state index contributed by atoms with van der Waals surface area (Å²) in [5, 5.41) is 13.7. The monoisotopic (exact) mass is 286 g/mol. The van der Waals surface area contributed by atoms with Crippen LogP contribution in [0.15, 0.2) is 18.2 Å². The number of halogens is 1. The lowest BCUT2D eigenvalue weighted by Gasteiger charge is -2.07. The van der Waals surface area contributed by atoms with Crippen LogP contribution in [-0.4, -0.2) is 38.4 Å². The van der Waals surface area contributed by atoms with E-state index >= 15 is 0 Å². The van der Waals surface area contributed by atoms with E-state index in [-0.39, 0.29) is 5.69 Å². The van der Waals surface area contributed by atoms with Crippen LogP contribution in [0, 0.1) is 15.9 Å². The maximum Gasteiger partial charge on any atom is 0.295 e. The van der Waals surface area contributed by atoms with Gasteiger partial charge in [0.25, 0.3) is 5.69 Å². The Balaban J connectivity index is 2.27. The summed E-state index contributed by atoms with van der Waals surface area (Å²) in [7, 11) is 1.61. The van der Waals surface area contributed by atoms with Crippen molar-refractivity contribution in [1.29, 1.82) is 0 Å². The van der Waals surface area contributed by atoms with Crippen molar-refractivity contribution in [2.75, 3.05) is 38.8 Å². The molecule has 0 saturated carbocycles. The normalized spacial score (nSPS) is 10.5. The van der Waals surface area contributed by atoms with Crippen LogP contribution in [0.3, 0.4) is 0 Å². The number of anilines is 1. The smallest absolute Gasteiger partial charge is 0.295 e. The predicted octanol–water partition coefficient (Wildman–Crippen LogP) is 2.59. The average Bonchev–Trinajstić information content (AvgIpc) is 2.43. The number of benzene rings is 1. The molecule has 1 aromatic rings. The van der Waals surface area contributed by atoms with E-state index < -0.39 is 10.7 Å². The van der Waals surface area contributed by atoms with Gasteiger partial charge in [-0.3, -0.25) is 10.1 Å². The fourth-order valence-corrected chi connectivity index (χ4v) is 1.60. The summed E-state index contributed by atoms with van der Waals surface area (Å²) in [5.74, 6) is -0.617. The molecular formula is C13H19FN2O4. The second-order valence-electron chi connectivity index (χ2n) is 4.16. The molecule has 7 heteroatoms. The first-order chi connectivity index (χ1) is 9.65. The Morgan fingerprint density at radius 1 is 1.30 bits per heavy atom. The molecule has 0 radical (unpaired) electrons.